The fraction of sp³-hybridized carbons (Fsp3) is 0.278. The Balaban J connectivity index is 1.93. The van der Waals surface area contributed by atoms with Gasteiger partial charge in [0.1, 0.15) is 11.5 Å². The number of hydrogen-bond acceptors (Lipinski definition) is 4. The van der Waals surface area contributed by atoms with Crippen molar-refractivity contribution in [3.63, 3.8) is 0 Å². The summed E-state index contributed by atoms with van der Waals surface area (Å²) in [7, 11) is 3.16. The maximum Gasteiger partial charge on any atom is 0.238 e. The molecule has 0 bridgehead atoms. The molecule has 5 nitrogen and oxygen atoms in total. The van der Waals surface area contributed by atoms with Crippen LogP contribution in [0.2, 0.25) is 5.02 Å². The Kier molecular flexibility index (Phi) is 6.46. The smallest absolute Gasteiger partial charge is 0.238 e. The molecule has 0 aromatic heterocycles. The summed E-state index contributed by atoms with van der Waals surface area (Å²) in [6.45, 7) is 2.58. The van der Waals surface area contributed by atoms with Crippen molar-refractivity contribution in [3.8, 4) is 11.5 Å². The molecule has 2 aromatic rings. The van der Waals surface area contributed by atoms with Gasteiger partial charge in [0.05, 0.1) is 26.5 Å². The fourth-order valence-corrected chi connectivity index (χ4v) is 2.44. The number of rotatable bonds is 7. The van der Waals surface area contributed by atoms with Crippen LogP contribution in [0.5, 0.6) is 11.5 Å². The van der Waals surface area contributed by atoms with E-state index in [4.69, 9.17) is 21.1 Å². The molecule has 0 atom stereocenters. The maximum absolute atomic E-state index is 12.1. The van der Waals surface area contributed by atoms with Gasteiger partial charge in [0, 0.05) is 23.2 Å². The Bertz CT molecular complexity index is 719. The van der Waals surface area contributed by atoms with Gasteiger partial charge < -0.3 is 20.1 Å². The summed E-state index contributed by atoms with van der Waals surface area (Å²) in [5.41, 5.74) is 2.46. The minimum absolute atomic E-state index is 0.162. The lowest BCUT2D eigenvalue weighted by atomic mass is 10.2. The molecular formula is C18H21ClN2O3. The first-order valence-electron chi connectivity index (χ1n) is 7.51. The first-order chi connectivity index (χ1) is 11.5. The van der Waals surface area contributed by atoms with Crippen LogP contribution in [0.4, 0.5) is 5.69 Å². The van der Waals surface area contributed by atoms with Crippen LogP contribution in [0.15, 0.2) is 36.4 Å². The number of para-hydroxylation sites is 1. The lowest BCUT2D eigenvalue weighted by molar-refractivity contribution is -0.115. The zero-order valence-corrected chi connectivity index (χ0v) is 14.7. The van der Waals surface area contributed by atoms with Crippen molar-refractivity contribution in [2.75, 3.05) is 26.1 Å². The molecular weight excluding hydrogens is 328 g/mol. The van der Waals surface area contributed by atoms with Gasteiger partial charge in [-0.05, 0) is 24.6 Å². The van der Waals surface area contributed by atoms with Gasteiger partial charge in [-0.15, -0.1) is 0 Å². The normalized spacial score (nSPS) is 10.3. The van der Waals surface area contributed by atoms with Crippen LogP contribution in [0.3, 0.4) is 0 Å². The van der Waals surface area contributed by atoms with E-state index >= 15 is 0 Å². The SMILES string of the molecule is COc1ccccc1CNCC(=O)Nc1cc(C)c(Cl)cc1OC. The summed E-state index contributed by atoms with van der Waals surface area (Å²) in [4.78, 5) is 12.1. The molecule has 0 unspecified atom stereocenters. The summed E-state index contributed by atoms with van der Waals surface area (Å²) < 4.78 is 10.5. The zero-order valence-electron chi connectivity index (χ0n) is 14.0. The van der Waals surface area contributed by atoms with E-state index in [1.165, 1.54) is 7.11 Å². The second kappa shape index (κ2) is 8.57. The predicted molar refractivity (Wildman–Crippen MR) is 96.1 cm³/mol. The van der Waals surface area contributed by atoms with Crippen LogP contribution in [-0.2, 0) is 11.3 Å². The Hall–Kier alpha value is -2.24. The first kappa shape index (κ1) is 18.1. The van der Waals surface area contributed by atoms with Crippen molar-refractivity contribution in [3.05, 3.63) is 52.5 Å². The molecule has 0 fully saturated rings. The van der Waals surface area contributed by atoms with Gasteiger partial charge in [0.15, 0.2) is 0 Å². The molecule has 0 heterocycles. The van der Waals surface area contributed by atoms with Crippen molar-refractivity contribution < 1.29 is 14.3 Å². The quantitative estimate of drug-likeness (QED) is 0.805. The number of methoxy groups -OCH3 is 2. The van der Waals surface area contributed by atoms with Crippen LogP contribution in [0.1, 0.15) is 11.1 Å². The third-order valence-electron chi connectivity index (χ3n) is 3.55. The standard InChI is InChI=1S/C18H21ClN2O3/c1-12-8-15(17(24-3)9-14(12)19)21-18(22)11-20-10-13-6-4-5-7-16(13)23-2/h4-9,20H,10-11H2,1-3H3,(H,21,22). The van der Waals surface area contributed by atoms with E-state index in [2.05, 4.69) is 10.6 Å². The van der Waals surface area contributed by atoms with E-state index in [-0.39, 0.29) is 12.5 Å². The Morgan fingerprint density at radius 3 is 2.54 bits per heavy atom. The van der Waals surface area contributed by atoms with Crippen LogP contribution < -0.4 is 20.1 Å². The van der Waals surface area contributed by atoms with Gasteiger partial charge in [0.2, 0.25) is 5.91 Å². The van der Waals surface area contributed by atoms with Gasteiger partial charge in [-0.25, -0.2) is 0 Å². The van der Waals surface area contributed by atoms with Crippen molar-refractivity contribution in [1.82, 2.24) is 5.32 Å². The molecule has 6 heteroatoms. The highest BCUT2D eigenvalue weighted by Crippen LogP contribution is 2.30. The molecule has 2 N–H and O–H groups in total. The summed E-state index contributed by atoms with van der Waals surface area (Å²) >= 11 is 6.06. The van der Waals surface area contributed by atoms with Gasteiger partial charge in [0.25, 0.3) is 0 Å². The number of benzene rings is 2. The minimum Gasteiger partial charge on any atom is -0.496 e. The van der Waals surface area contributed by atoms with Crippen LogP contribution in [0, 0.1) is 6.92 Å². The van der Waals surface area contributed by atoms with Gasteiger partial charge in [-0.2, -0.15) is 0 Å². The van der Waals surface area contributed by atoms with Gasteiger partial charge in [-0.1, -0.05) is 29.8 Å². The number of ether oxygens (including phenoxy) is 2. The van der Waals surface area contributed by atoms with Crippen molar-refractivity contribution in [1.29, 1.82) is 0 Å². The topological polar surface area (TPSA) is 59.6 Å². The summed E-state index contributed by atoms with van der Waals surface area (Å²) in [5.74, 6) is 1.16. The van der Waals surface area contributed by atoms with E-state index in [9.17, 15) is 4.79 Å². The molecule has 2 aromatic carbocycles. The predicted octanol–water partition coefficient (Wildman–Crippen LogP) is 3.39. The molecule has 0 aliphatic heterocycles. The van der Waals surface area contributed by atoms with Crippen molar-refractivity contribution in [2.45, 2.75) is 13.5 Å². The Morgan fingerprint density at radius 2 is 1.83 bits per heavy atom. The van der Waals surface area contributed by atoms with E-state index < -0.39 is 0 Å². The minimum atomic E-state index is -0.162. The number of nitrogens with one attached hydrogen (secondary N) is 2. The van der Waals surface area contributed by atoms with E-state index in [1.807, 2.05) is 31.2 Å². The Morgan fingerprint density at radius 1 is 1.12 bits per heavy atom. The third kappa shape index (κ3) is 4.63. The number of hydrogen-bond donors (Lipinski definition) is 2. The molecule has 0 radical (unpaired) electrons. The third-order valence-corrected chi connectivity index (χ3v) is 3.96. The maximum atomic E-state index is 12.1. The number of amides is 1. The van der Waals surface area contributed by atoms with Crippen molar-refractivity contribution in [2.24, 2.45) is 0 Å². The average Bonchev–Trinajstić information content (AvgIpc) is 2.58. The molecule has 1 amide bonds. The van der Waals surface area contributed by atoms with E-state index in [0.717, 1.165) is 16.9 Å². The number of halogens is 1. The monoisotopic (exact) mass is 348 g/mol. The van der Waals surface area contributed by atoms with Crippen LogP contribution >= 0.6 is 11.6 Å². The number of carbonyl (C=O) groups is 1. The first-order valence-corrected chi connectivity index (χ1v) is 7.89. The number of anilines is 1. The second-order valence-electron chi connectivity index (χ2n) is 5.27. The van der Waals surface area contributed by atoms with Gasteiger partial charge >= 0.3 is 0 Å². The molecule has 0 spiro atoms. The molecule has 0 aliphatic carbocycles. The highest BCUT2D eigenvalue weighted by Gasteiger charge is 2.10. The molecule has 0 aliphatic rings. The van der Waals surface area contributed by atoms with Crippen LogP contribution in [0.25, 0.3) is 0 Å². The van der Waals surface area contributed by atoms with Crippen LogP contribution in [-0.4, -0.2) is 26.7 Å². The highest BCUT2D eigenvalue weighted by atomic mass is 35.5. The molecule has 0 saturated heterocycles. The van der Waals surface area contributed by atoms with E-state index in [0.29, 0.717) is 23.0 Å². The summed E-state index contributed by atoms with van der Waals surface area (Å²) in [6.07, 6.45) is 0. The van der Waals surface area contributed by atoms with Crippen molar-refractivity contribution >= 4 is 23.2 Å². The summed E-state index contributed by atoms with van der Waals surface area (Å²) in [6, 6.07) is 11.2. The largest absolute Gasteiger partial charge is 0.496 e. The highest BCUT2D eigenvalue weighted by molar-refractivity contribution is 6.31. The lowest BCUT2D eigenvalue weighted by Crippen LogP contribution is -2.28. The van der Waals surface area contributed by atoms with E-state index in [1.54, 1.807) is 19.2 Å². The lowest BCUT2D eigenvalue weighted by Gasteiger charge is -2.13. The molecule has 2 rings (SSSR count). The fourth-order valence-electron chi connectivity index (χ4n) is 2.28. The Labute approximate surface area is 146 Å². The number of aryl methyl sites for hydroxylation is 1. The summed E-state index contributed by atoms with van der Waals surface area (Å²) in [5, 5.41) is 6.53. The molecule has 24 heavy (non-hydrogen) atoms. The second-order valence-corrected chi connectivity index (χ2v) is 5.67. The zero-order chi connectivity index (χ0) is 17.5. The molecule has 128 valence electrons. The van der Waals surface area contributed by atoms with Gasteiger partial charge in [-0.3, -0.25) is 4.79 Å². The average molecular weight is 349 g/mol. The number of carbonyl (C=O) groups excluding carboxylic acids is 1. The molecule has 0 saturated carbocycles.